The first-order valence-corrected chi connectivity index (χ1v) is 11.7. The molecule has 0 spiro atoms. The first-order chi connectivity index (χ1) is 17.3. The molecule has 0 aliphatic carbocycles. The van der Waals surface area contributed by atoms with Crippen molar-refractivity contribution < 1.29 is 18.7 Å². The first-order valence-electron chi connectivity index (χ1n) is 11.7. The molecule has 0 saturated carbocycles. The largest absolute Gasteiger partial charge is 0.497 e. The summed E-state index contributed by atoms with van der Waals surface area (Å²) in [5.41, 5.74) is 3.35. The van der Waals surface area contributed by atoms with Gasteiger partial charge in [-0.15, -0.1) is 0 Å². The van der Waals surface area contributed by atoms with Crippen LogP contribution in [0.15, 0.2) is 71.3 Å². The molecule has 36 heavy (non-hydrogen) atoms. The molecule has 2 aromatic heterocycles. The fourth-order valence-electron chi connectivity index (χ4n) is 4.68. The minimum atomic E-state index is -1.22. The van der Waals surface area contributed by atoms with E-state index in [9.17, 15) is 9.59 Å². The molecule has 1 aliphatic rings. The highest BCUT2D eigenvalue weighted by Gasteiger charge is 2.49. The Morgan fingerprint density at radius 3 is 2.58 bits per heavy atom. The fraction of sp³-hybridized carbons (Fsp3) is 0.250. The number of hydrogen-bond donors (Lipinski definition) is 1. The molecule has 8 heteroatoms. The number of benzene rings is 2. The number of amides is 2. The van der Waals surface area contributed by atoms with E-state index in [1.165, 1.54) is 0 Å². The molecule has 8 nitrogen and oxygen atoms in total. The second kappa shape index (κ2) is 9.03. The van der Waals surface area contributed by atoms with Crippen molar-refractivity contribution in [3.05, 3.63) is 89.3 Å². The monoisotopic (exact) mass is 484 g/mol. The molecule has 1 atom stereocenters. The molecule has 3 heterocycles. The smallest absolute Gasteiger partial charge is 0.277 e. The summed E-state index contributed by atoms with van der Waals surface area (Å²) >= 11 is 0. The van der Waals surface area contributed by atoms with E-state index in [-0.39, 0.29) is 18.4 Å². The summed E-state index contributed by atoms with van der Waals surface area (Å²) in [5, 5.41) is 7.63. The normalized spacial score (nSPS) is 17.1. The number of carbonyl (C=O) groups is 2. The average Bonchev–Trinajstić information content (AvgIpc) is 3.54. The molecule has 1 N–H and O–H groups in total. The number of carbonyl (C=O) groups excluding carboxylic acids is 2. The van der Waals surface area contributed by atoms with Gasteiger partial charge in [-0.05, 0) is 62.2 Å². The van der Waals surface area contributed by atoms with Crippen LogP contribution in [0, 0.1) is 13.8 Å². The van der Waals surface area contributed by atoms with Crippen LogP contribution in [0.5, 0.6) is 5.75 Å². The Balaban J connectivity index is 1.52. The number of nitrogens with zero attached hydrogens (tertiary/aromatic N) is 3. The van der Waals surface area contributed by atoms with Crippen molar-refractivity contribution in [2.75, 3.05) is 12.0 Å². The third-order valence-electron chi connectivity index (χ3n) is 6.62. The quantitative estimate of drug-likeness (QED) is 0.435. The van der Waals surface area contributed by atoms with E-state index >= 15 is 0 Å². The van der Waals surface area contributed by atoms with Gasteiger partial charge in [0.15, 0.2) is 5.76 Å². The van der Waals surface area contributed by atoms with Crippen LogP contribution in [0.25, 0.3) is 11.5 Å². The first kappa shape index (κ1) is 23.4. The Hall–Kier alpha value is -4.33. The number of hydrogen-bond acceptors (Lipinski definition) is 5. The maximum absolute atomic E-state index is 13.9. The summed E-state index contributed by atoms with van der Waals surface area (Å²) in [7, 11) is 1.61. The molecule has 5 rings (SSSR count). The van der Waals surface area contributed by atoms with E-state index in [1.54, 1.807) is 48.1 Å². The highest BCUT2D eigenvalue weighted by molar-refractivity contribution is 6.12. The van der Waals surface area contributed by atoms with Crippen LogP contribution in [-0.4, -0.2) is 34.2 Å². The number of furan rings is 1. The zero-order chi connectivity index (χ0) is 25.4. The minimum Gasteiger partial charge on any atom is -0.497 e. The Morgan fingerprint density at radius 1 is 1.14 bits per heavy atom. The molecule has 4 aromatic rings. The number of aryl methyl sites for hydroxylation is 2. The highest BCUT2D eigenvalue weighted by atomic mass is 16.5. The van der Waals surface area contributed by atoms with Crippen LogP contribution in [-0.2, 0) is 17.9 Å². The van der Waals surface area contributed by atoms with Crippen molar-refractivity contribution in [1.82, 2.24) is 15.1 Å². The van der Waals surface area contributed by atoms with Crippen LogP contribution in [0.1, 0.15) is 34.1 Å². The Morgan fingerprint density at radius 2 is 1.92 bits per heavy atom. The van der Waals surface area contributed by atoms with Crippen LogP contribution < -0.4 is 15.0 Å². The van der Waals surface area contributed by atoms with Crippen molar-refractivity contribution in [2.24, 2.45) is 0 Å². The lowest BCUT2D eigenvalue weighted by Gasteiger charge is -2.43. The average molecular weight is 485 g/mol. The van der Waals surface area contributed by atoms with E-state index in [2.05, 4.69) is 10.4 Å². The Bertz CT molecular complexity index is 1420. The molecule has 1 aliphatic heterocycles. The summed E-state index contributed by atoms with van der Waals surface area (Å²) in [6, 6.07) is 18.6. The second-order valence-electron chi connectivity index (χ2n) is 9.28. The SMILES string of the molecule is COc1ccc(CNC(=O)[C@@]2(C)Cn3nc(-c4ccco4)cc3C(=O)N2c2ccc(C)cc2C)cc1. The van der Waals surface area contributed by atoms with Crippen molar-refractivity contribution in [1.29, 1.82) is 0 Å². The second-order valence-corrected chi connectivity index (χ2v) is 9.28. The number of rotatable bonds is 6. The van der Waals surface area contributed by atoms with Crippen LogP contribution in [0.3, 0.4) is 0 Å². The van der Waals surface area contributed by atoms with Gasteiger partial charge in [0.05, 0.1) is 19.9 Å². The summed E-state index contributed by atoms with van der Waals surface area (Å²) in [6.07, 6.45) is 1.56. The highest BCUT2D eigenvalue weighted by Crippen LogP contribution is 2.36. The van der Waals surface area contributed by atoms with Gasteiger partial charge in [0, 0.05) is 18.3 Å². The van der Waals surface area contributed by atoms with Gasteiger partial charge in [-0.3, -0.25) is 19.2 Å². The molecule has 0 saturated heterocycles. The summed E-state index contributed by atoms with van der Waals surface area (Å²) < 4.78 is 12.3. The zero-order valence-corrected chi connectivity index (χ0v) is 20.7. The van der Waals surface area contributed by atoms with Gasteiger partial charge in [-0.2, -0.15) is 5.10 Å². The minimum absolute atomic E-state index is 0.191. The molecular formula is C28H28N4O4. The lowest BCUT2D eigenvalue weighted by atomic mass is 9.92. The van der Waals surface area contributed by atoms with Crippen LogP contribution in [0.4, 0.5) is 5.69 Å². The van der Waals surface area contributed by atoms with E-state index in [0.717, 1.165) is 22.4 Å². The van der Waals surface area contributed by atoms with Crippen molar-refractivity contribution in [2.45, 2.75) is 39.4 Å². The van der Waals surface area contributed by atoms with Gasteiger partial charge in [0.2, 0.25) is 5.91 Å². The molecule has 0 bridgehead atoms. The van der Waals surface area contributed by atoms with Crippen molar-refractivity contribution in [3.63, 3.8) is 0 Å². The molecule has 0 unspecified atom stereocenters. The standard InChI is InChI=1S/C28H28N4O4/c1-18-7-12-23(19(2)14-18)32-26(33)24-15-22(25-6-5-13-36-25)30-31(24)17-28(32,3)27(34)29-16-20-8-10-21(35-4)11-9-20/h5-15H,16-17H2,1-4H3,(H,29,34)/t28-/m1/s1. The maximum Gasteiger partial charge on any atom is 0.277 e. The van der Waals surface area contributed by atoms with E-state index < -0.39 is 5.54 Å². The van der Waals surface area contributed by atoms with Gasteiger partial charge in [0.25, 0.3) is 5.91 Å². The molecule has 0 radical (unpaired) electrons. The van der Waals surface area contributed by atoms with Crippen LogP contribution >= 0.6 is 0 Å². The van der Waals surface area contributed by atoms with Crippen LogP contribution in [0.2, 0.25) is 0 Å². The molecule has 2 amide bonds. The number of ether oxygens (including phenoxy) is 1. The number of nitrogens with one attached hydrogen (secondary N) is 1. The predicted molar refractivity (Wildman–Crippen MR) is 136 cm³/mol. The van der Waals surface area contributed by atoms with Gasteiger partial charge < -0.3 is 14.5 Å². The fourth-order valence-corrected chi connectivity index (χ4v) is 4.68. The van der Waals surface area contributed by atoms with E-state index in [4.69, 9.17) is 9.15 Å². The third-order valence-corrected chi connectivity index (χ3v) is 6.62. The Labute approximate surface area is 209 Å². The predicted octanol–water partition coefficient (Wildman–Crippen LogP) is 4.50. The van der Waals surface area contributed by atoms with Gasteiger partial charge in [-0.1, -0.05) is 29.8 Å². The van der Waals surface area contributed by atoms with Gasteiger partial charge in [0.1, 0.15) is 22.7 Å². The topological polar surface area (TPSA) is 89.6 Å². The molecular weight excluding hydrogens is 456 g/mol. The lowest BCUT2D eigenvalue weighted by Crippen LogP contribution is -2.64. The Kier molecular flexibility index (Phi) is 5.88. The lowest BCUT2D eigenvalue weighted by molar-refractivity contribution is -0.126. The number of aromatic nitrogens is 2. The summed E-state index contributed by atoms with van der Waals surface area (Å²) in [6.45, 7) is 6.24. The maximum atomic E-state index is 13.9. The van der Waals surface area contributed by atoms with Gasteiger partial charge in [-0.25, -0.2) is 0 Å². The third kappa shape index (κ3) is 4.04. The zero-order valence-electron chi connectivity index (χ0n) is 20.7. The summed E-state index contributed by atoms with van der Waals surface area (Å²) in [4.78, 5) is 29.3. The number of methoxy groups -OCH3 is 1. The summed E-state index contributed by atoms with van der Waals surface area (Å²) in [5.74, 6) is 0.746. The molecule has 184 valence electrons. The molecule has 0 fully saturated rings. The molecule has 2 aromatic carbocycles. The number of fused-ring (bicyclic) bond motifs is 1. The van der Waals surface area contributed by atoms with Gasteiger partial charge >= 0.3 is 0 Å². The van der Waals surface area contributed by atoms with E-state index in [1.807, 2.05) is 56.3 Å². The van der Waals surface area contributed by atoms with Crippen molar-refractivity contribution in [3.8, 4) is 17.2 Å². The van der Waals surface area contributed by atoms with E-state index in [0.29, 0.717) is 29.4 Å². The number of anilines is 1. The van der Waals surface area contributed by atoms with Crippen molar-refractivity contribution >= 4 is 17.5 Å².